The van der Waals surface area contributed by atoms with Crippen LogP contribution in [-0.4, -0.2) is 17.9 Å². The first-order valence-electron chi connectivity index (χ1n) is 6.99. The molecule has 1 unspecified atom stereocenters. The Kier molecular flexibility index (Phi) is 6.03. The fourth-order valence-corrected chi connectivity index (χ4v) is 2.06. The number of benzene rings is 1. The second kappa shape index (κ2) is 7.53. The second-order valence-electron chi connectivity index (χ2n) is 4.92. The topological polar surface area (TPSA) is 98.2 Å². The molecule has 1 aromatic carbocycles. The van der Waals surface area contributed by atoms with Crippen LogP contribution in [0.1, 0.15) is 60.2 Å². The zero-order chi connectivity index (χ0) is 15.1. The van der Waals surface area contributed by atoms with Crippen LogP contribution in [-0.2, 0) is 0 Å². The van der Waals surface area contributed by atoms with Gasteiger partial charge in [0.1, 0.15) is 0 Å². The fraction of sp³-hybridized carbons (Fsp3) is 0.467. The molecule has 0 saturated carbocycles. The summed E-state index contributed by atoms with van der Waals surface area (Å²) in [6.07, 6.45) is 4.27. The van der Waals surface area contributed by atoms with Gasteiger partial charge in [-0.1, -0.05) is 26.7 Å². The van der Waals surface area contributed by atoms with Gasteiger partial charge in [0, 0.05) is 22.9 Å². The fourth-order valence-electron chi connectivity index (χ4n) is 2.06. The Hall–Kier alpha value is -2.04. The number of primary amides is 2. The highest BCUT2D eigenvalue weighted by atomic mass is 16.1. The van der Waals surface area contributed by atoms with E-state index in [0.717, 1.165) is 25.7 Å². The summed E-state index contributed by atoms with van der Waals surface area (Å²) in [6.45, 7) is 4.24. The molecule has 5 nitrogen and oxygen atoms in total. The highest BCUT2D eigenvalue weighted by molar-refractivity contribution is 5.99. The van der Waals surface area contributed by atoms with Crippen LogP contribution in [0.25, 0.3) is 0 Å². The van der Waals surface area contributed by atoms with E-state index in [1.54, 1.807) is 12.1 Å². The number of unbranched alkanes of at least 4 members (excludes halogenated alkanes) is 1. The molecule has 20 heavy (non-hydrogen) atoms. The summed E-state index contributed by atoms with van der Waals surface area (Å²) in [7, 11) is 0. The predicted molar refractivity (Wildman–Crippen MR) is 80.7 cm³/mol. The molecule has 0 bridgehead atoms. The van der Waals surface area contributed by atoms with Gasteiger partial charge in [-0.15, -0.1) is 0 Å². The number of anilines is 1. The average Bonchev–Trinajstić information content (AvgIpc) is 2.42. The van der Waals surface area contributed by atoms with Crippen LogP contribution >= 0.6 is 0 Å². The van der Waals surface area contributed by atoms with E-state index in [2.05, 4.69) is 19.2 Å². The summed E-state index contributed by atoms with van der Waals surface area (Å²) in [5.74, 6) is -1.14. The molecule has 0 saturated heterocycles. The van der Waals surface area contributed by atoms with Crippen LogP contribution in [0.5, 0.6) is 0 Å². The summed E-state index contributed by atoms with van der Waals surface area (Å²) in [5, 5.41) is 3.34. The second-order valence-corrected chi connectivity index (χ2v) is 4.92. The van der Waals surface area contributed by atoms with Crippen LogP contribution in [0, 0.1) is 0 Å². The van der Waals surface area contributed by atoms with E-state index in [0.29, 0.717) is 11.7 Å². The maximum absolute atomic E-state index is 11.3. The van der Waals surface area contributed by atoms with Gasteiger partial charge in [-0.3, -0.25) is 9.59 Å². The van der Waals surface area contributed by atoms with Crippen molar-refractivity contribution in [3.8, 4) is 0 Å². The third-order valence-corrected chi connectivity index (χ3v) is 3.27. The van der Waals surface area contributed by atoms with Crippen molar-refractivity contribution < 1.29 is 9.59 Å². The van der Waals surface area contributed by atoms with Crippen molar-refractivity contribution >= 4 is 17.5 Å². The highest BCUT2D eigenvalue weighted by Crippen LogP contribution is 2.18. The van der Waals surface area contributed by atoms with E-state index in [4.69, 9.17) is 11.5 Å². The first-order valence-corrected chi connectivity index (χ1v) is 6.99. The minimum atomic E-state index is -0.572. The average molecular weight is 277 g/mol. The number of carbonyl (C=O) groups is 2. The SMILES string of the molecule is CCCCC(CC)Nc1cc(C(N)=O)cc(C(N)=O)c1. The van der Waals surface area contributed by atoms with E-state index in [1.165, 1.54) is 6.07 Å². The van der Waals surface area contributed by atoms with Crippen molar-refractivity contribution in [3.63, 3.8) is 0 Å². The first-order chi connectivity index (χ1) is 9.47. The van der Waals surface area contributed by atoms with Crippen LogP contribution in [0.2, 0.25) is 0 Å². The van der Waals surface area contributed by atoms with Gasteiger partial charge >= 0.3 is 0 Å². The molecule has 0 spiro atoms. The number of amides is 2. The van der Waals surface area contributed by atoms with Gasteiger partial charge in [0.25, 0.3) is 0 Å². The van der Waals surface area contributed by atoms with E-state index >= 15 is 0 Å². The molecule has 0 radical (unpaired) electrons. The van der Waals surface area contributed by atoms with Gasteiger partial charge in [0.2, 0.25) is 11.8 Å². The molecule has 1 aromatic rings. The van der Waals surface area contributed by atoms with Crippen molar-refractivity contribution in [1.82, 2.24) is 0 Å². The van der Waals surface area contributed by atoms with Crippen LogP contribution in [0.15, 0.2) is 18.2 Å². The first kappa shape index (κ1) is 16.0. The summed E-state index contributed by atoms with van der Waals surface area (Å²) < 4.78 is 0. The Labute approximate surface area is 119 Å². The molecule has 0 aliphatic heterocycles. The van der Waals surface area contributed by atoms with Crippen molar-refractivity contribution in [2.24, 2.45) is 11.5 Å². The zero-order valence-electron chi connectivity index (χ0n) is 12.1. The Balaban J connectivity index is 2.97. The standard InChI is InChI=1S/C15H23N3O2/c1-3-5-6-12(4-2)18-13-8-10(14(16)19)7-11(9-13)15(17)20/h7-9,12,18H,3-6H2,1-2H3,(H2,16,19)(H2,17,20). The summed E-state index contributed by atoms with van der Waals surface area (Å²) >= 11 is 0. The number of nitrogens with two attached hydrogens (primary N) is 2. The zero-order valence-corrected chi connectivity index (χ0v) is 12.1. The Morgan fingerprint density at radius 3 is 2.05 bits per heavy atom. The molecular formula is C15H23N3O2. The number of hydrogen-bond donors (Lipinski definition) is 3. The maximum Gasteiger partial charge on any atom is 0.248 e. The molecule has 0 aliphatic rings. The monoisotopic (exact) mass is 277 g/mol. The lowest BCUT2D eigenvalue weighted by molar-refractivity contribution is 0.0999. The molecule has 2 amide bonds. The van der Waals surface area contributed by atoms with Gasteiger partial charge in [-0.05, 0) is 31.0 Å². The third-order valence-electron chi connectivity index (χ3n) is 3.27. The molecule has 110 valence electrons. The summed E-state index contributed by atoms with van der Waals surface area (Å²) in [4.78, 5) is 22.6. The minimum absolute atomic E-state index is 0.286. The van der Waals surface area contributed by atoms with Crippen LogP contribution < -0.4 is 16.8 Å². The van der Waals surface area contributed by atoms with Gasteiger partial charge in [0.05, 0.1) is 0 Å². The van der Waals surface area contributed by atoms with E-state index in [1.807, 2.05) is 0 Å². The van der Waals surface area contributed by atoms with E-state index in [9.17, 15) is 9.59 Å². The van der Waals surface area contributed by atoms with Gasteiger partial charge < -0.3 is 16.8 Å². The number of rotatable bonds is 8. The maximum atomic E-state index is 11.3. The highest BCUT2D eigenvalue weighted by Gasteiger charge is 2.11. The summed E-state index contributed by atoms with van der Waals surface area (Å²) in [5.41, 5.74) is 11.8. The number of carbonyl (C=O) groups excluding carboxylic acids is 2. The predicted octanol–water partition coefficient (Wildman–Crippen LogP) is 2.27. The largest absolute Gasteiger partial charge is 0.382 e. The molecule has 0 aliphatic carbocycles. The normalized spacial score (nSPS) is 11.9. The molecular weight excluding hydrogens is 254 g/mol. The smallest absolute Gasteiger partial charge is 0.248 e. The van der Waals surface area contributed by atoms with Crippen LogP contribution in [0.3, 0.4) is 0 Å². The van der Waals surface area contributed by atoms with Crippen molar-refractivity contribution in [3.05, 3.63) is 29.3 Å². The Bertz CT molecular complexity index is 454. The van der Waals surface area contributed by atoms with Gasteiger partial charge in [0.15, 0.2) is 0 Å². The van der Waals surface area contributed by atoms with Crippen molar-refractivity contribution in [2.45, 2.75) is 45.6 Å². The molecule has 0 heterocycles. The van der Waals surface area contributed by atoms with Gasteiger partial charge in [-0.2, -0.15) is 0 Å². The van der Waals surface area contributed by atoms with E-state index in [-0.39, 0.29) is 11.1 Å². The lowest BCUT2D eigenvalue weighted by Gasteiger charge is -2.19. The molecule has 5 N–H and O–H groups in total. The van der Waals surface area contributed by atoms with Crippen molar-refractivity contribution in [2.75, 3.05) is 5.32 Å². The Morgan fingerprint density at radius 2 is 1.65 bits per heavy atom. The number of hydrogen-bond acceptors (Lipinski definition) is 3. The number of nitrogens with one attached hydrogen (secondary N) is 1. The molecule has 1 atom stereocenters. The van der Waals surface area contributed by atoms with Crippen LogP contribution in [0.4, 0.5) is 5.69 Å². The molecule has 1 rings (SSSR count). The lowest BCUT2D eigenvalue weighted by atomic mass is 10.0. The minimum Gasteiger partial charge on any atom is -0.382 e. The Morgan fingerprint density at radius 1 is 1.10 bits per heavy atom. The third kappa shape index (κ3) is 4.57. The molecule has 0 aromatic heterocycles. The quantitative estimate of drug-likeness (QED) is 0.679. The lowest BCUT2D eigenvalue weighted by Crippen LogP contribution is -2.20. The van der Waals surface area contributed by atoms with E-state index < -0.39 is 11.8 Å². The van der Waals surface area contributed by atoms with Gasteiger partial charge in [-0.25, -0.2) is 0 Å². The molecule has 5 heteroatoms. The van der Waals surface area contributed by atoms with Crippen molar-refractivity contribution in [1.29, 1.82) is 0 Å². The molecule has 0 fully saturated rings. The summed E-state index contributed by atoms with van der Waals surface area (Å²) in [6, 6.07) is 5.04.